The predicted molar refractivity (Wildman–Crippen MR) is 97.8 cm³/mol. The number of hydrogen-bond donors (Lipinski definition) is 0. The molecule has 24 heavy (non-hydrogen) atoms. The molecular weight excluding hydrogens is 298 g/mol. The molecule has 2 aliphatic rings. The highest BCUT2D eigenvalue weighted by Gasteiger charge is 2.47. The molecule has 2 aliphatic heterocycles. The highest BCUT2D eigenvalue weighted by atomic mass is 16.2. The Balaban J connectivity index is 1.74. The van der Waals surface area contributed by atoms with Gasteiger partial charge >= 0.3 is 0 Å². The van der Waals surface area contributed by atoms with Gasteiger partial charge in [0.1, 0.15) is 0 Å². The molecule has 0 aliphatic carbocycles. The number of hydrogen-bond acceptors (Lipinski definition) is 3. The zero-order chi connectivity index (χ0) is 17.1. The van der Waals surface area contributed by atoms with Gasteiger partial charge in [-0.3, -0.25) is 9.69 Å². The van der Waals surface area contributed by atoms with Crippen LogP contribution in [-0.4, -0.2) is 66.9 Å². The van der Waals surface area contributed by atoms with Crippen LogP contribution in [0.15, 0.2) is 30.3 Å². The van der Waals surface area contributed by atoms with Crippen LogP contribution in [0.2, 0.25) is 0 Å². The van der Waals surface area contributed by atoms with Crippen LogP contribution in [-0.2, 0) is 4.79 Å². The summed E-state index contributed by atoms with van der Waals surface area (Å²) in [6.07, 6.45) is 3.37. The third-order valence-corrected chi connectivity index (χ3v) is 5.70. The summed E-state index contributed by atoms with van der Waals surface area (Å²) >= 11 is 0. The molecule has 2 saturated heterocycles. The molecule has 0 spiro atoms. The van der Waals surface area contributed by atoms with Crippen molar-refractivity contribution >= 4 is 5.91 Å². The van der Waals surface area contributed by atoms with Crippen molar-refractivity contribution in [1.29, 1.82) is 0 Å². The van der Waals surface area contributed by atoms with E-state index in [2.05, 4.69) is 66.1 Å². The number of nitrogens with zero attached hydrogens (tertiary/aromatic N) is 3. The van der Waals surface area contributed by atoms with Crippen molar-refractivity contribution in [3.63, 3.8) is 0 Å². The Morgan fingerprint density at radius 1 is 1.21 bits per heavy atom. The molecule has 1 aromatic rings. The van der Waals surface area contributed by atoms with Crippen LogP contribution in [0.4, 0.5) is 0 Å². The Labute approximate surface area is 146 Å². The van der Waals surface area contributed by atoms with Crippen molar-refractivity contribution in [2.75, 3.05) is 40.3 Å². The minimum absolute atomic E-state index is 0.166. The number of rotatable bonds is 6. The molecule has 0 radical (unpaired) electrons. The average molecular weight is 329 g/mol. The minimum atomic E-state index is 0.166. The number of amides is 1. The SMILES string of the molecule is CCN(CCN(C)C)C(=O)[C@H]1C[C@@H](c2ccccc2)N2CCC[C@H]12. The molecule has 1 amide bonds. The first kappa shape index (κ1) is 17.4. The van der Waals surface area contributed by atoms with E-state index in [1.807, 2.05) is 0 Å². The molecule has 3 atom stereocenters. The fraction of sp³-hybridized carbons (Fsp3) is 0.650. The Kier molecular flexibility index (Phi) is 5.57. The monoisotopic (exact) mass is 329 g/mol. The van der Waals surface area contributed by atoms with Gasteiger partial charge in [-0.2, -0.15) is 0 Å². The topological polar surface area (TPSA) is 26.8 Å². The largest absolute Gasteiger partial charge is 0.341 e. The van der Waals surface area contributed by atoms with E-state index in [-0.39, 0.29) is 5.92 Å². The Hall–Kier alpha value is -1.39. The van der Waals surface area contributed by atoms with Crippen molar-refractivity contribution in [3.05, 3.63) is 35.9 Å². The van der Waals surface area contributed by atoms with Gasteiger partial charge in [0.25, 0.3) is 0 Å². The van der Waals surface area contributed by atoms with E-state index in [1.165, 1.54) is 18.4 Å². The van der Waals surface area contributed by atoms with Gasteiger partial charge in [0.2, 0.25) is 5.91 Å². The van der Waals surface area contributed by atoms with Gasteiger partial charge in [-0.1, -0.05) is 30.3 Å². The van der Waals surface area contributed by atoms with E-state index in [0.29, 0.717) is 18.0 Å². The van der Waals surface area contributed by atoms with Gasteiger partial charge in [0, 0.05) is 31.7 Å². The van der Waals surface area contributed by atoms with E-state index in [4.69, 9.17) is 0 Å². The van der Waals surface area contributed by atoms with Gasteiger partial charge < -0.3 is 9.80 Å². The zero-order valence-corrected chi connectivity index (χ0v) is 15.3. The van der Waals surface area contributed by atoms with Crippen LogP contribution in [0.3, 0.4) is 0 Å². The second-order valence-corrected chi connectivity index (χ2v) is 7.44. The van der Waals surface area contributed by atoms with Crippen molar-refractivity contribution in [2.45, 2.75) is 38.3 Å². The molecule has 0 saturated carbocycles. The molecule has 0 bridgehead atoms. The van der Waals surface area contributed by atoms with Gasteiger partial charge in [0.05, 0.1) is 5.92 Å². The summed E-state index contributed by atoms with van der Waals surface area (Å²) in [4.78, 5) is 20.0. The van der Waals surface area contributed by atoms with Crippen molar-refractivity contribution in [3.8, 4) is 0 Å². The maximum atomic E-state index is 13.2. The lowest BCUT2D eigenvalue weighted by atomic mass is 9.93. The van der Waals surface area contributed by atoms with E-state index in [0.717, 1.165) is 32.6 Å². The third kappa shape index (κ3) is 3.50. The Morgan fingerprint density at radius 2 is 1.96 bits per heavy atom. The maximum Gasteiger partial charge on any atom is 0.227 e. The fourth-order valence-corrected chi connectivity index (χ4v) is 4.41. The predicted octanol–water partition coefficient (Wildman–Crippen LogP) is 2.62. The lowest BCUT2D eigenvalue weighted by Gasteiger charge is -2.28. The van der Waals surface area contributed by atoms with Crippen LogP contribution in [0.1, 0.15) is 37.8 Å². The van der Waals surface area contributed by atoms with Crippen molar-refractivity contribution in [1.82, 2.24) is 14.7 Å². The lowest BCUT2D eigenvalue weighted by molar-refractivity contribution is -0.136. The second kappa shape index (κ2) is 7.66. The van der Waals surface area contributed by atoms with Crippen LogP contribution in [0, 0.1) is 5.92 Å². The number of carbonyl (C=O) groups is 1. The molecule has 0 N–H and O–H groups in total. The smallest absolute Gasteiger partial charge is 0.227 e. The van der Waals surface area contributed by atoms with E-state index < -0.39 is 0 Å². The Morgan fingerprint density at radius 3 is 2.62 bits per heavy atom. The first-order valence-corrected chi connectivity index (χ1v) is 9.36. The van der Waals surface area contributed by atoms with E-state index in [9.17, 15) is 4.79 Å². The molecule has 4 heteroatoms. The molecule has 1 aromatic carbocycles. The quantitative estimate of drug-likeness (QED) is 0.803. The van der Waals surface area contributed by atoms with Crippen molar-refractivity contribution in [2.24, 2.45) is 5.92 Å². The number of benzene rings is 1. The molecule has 0 unspecified atom stereocenters. The number of likely N-dealkylation sites (N-methyl/N-ethyl adjacent to an activating group) is 2. The molecule has 2 heterocycles. The first-order valence-electron chi connectivity index (χ1n) is 9.36. The Bertz CT molecular complexity index is 545. The first-order chi connectivity index (χ1) is 11.6. The van der Waals surface area contributed by atoms with Gasteiger partial charge in [-0.05, 0) is 52.4 Å². The summed E-state index contributed by atoms with van der Waals surface area (Å²) in [5.41, 5.74) is 1.37. The van der Waals surface area contributed by atoms with E-state index in [1.54, 1.807) is 0 Å². The van der Waals surface area contributed by atoms with Gasteiger partial charge in [-0.25, -0.2) is 0 Å². The molecule has 132 valence electrons. The summed E-state index contributed by atoms with van der Waals surface area (Å²) < 4.78 is 0. The summed E-state index contributed by atoms with van der Waals surface area (Å²) in [6, 6.07) is 11.6. The third-order valence-electron chi connectivity index (χ3n) is 5.70. The minimum Gasteiger partial charge on any atom is -0.341 e. The van der Waals surface area contributed by atoms with Crippen LogP contribution < -0.4 is 0 Å². The second-order valence-electron chi connectivity index (χ2n) is 7.44. The van der Waals surface area contributed by atoms with Crippen LogP contribution in [0.25, 0.3) is 0 Å². The normalized spacial score (nSPS) is 26.8. The van der Waals surface area contributed by atoms with E-state index >= 15 is 0 Å². The summed E-state index contributed by atoms with van der Waals surface area (Å²) in [5.74, 6) is 0.537. The number of carbonyl (C=O) groups excluding carboxylic acids is 1. The van der Waals surface area contributed by atoms with Crippen molar-refractivity contribution < 1.29 is 4.79 Å². The lowest BCUT2D eigenvalue weighted by Crippen LogP contribution is -2.43. The highest BCUT2D eigenvalue weighted by molar-refractivity contribution is 5.80. The van der Waals surface area contributed by atoms with Gasteiger partial charge in [-0.15, -0.1) is 0 Å². The van der Waals surface area contributed by atoms with Gasteiger partial charge in [0.15, 0.2) is 0 Å². The van der Waals surface area contributed by atoms with Crippen LogP contribution in [0.5, 0.6) is 0 Å². The maximum absolute atomic E-state index is 13.2. The summed E-state index contributed by atoms with van der Waals surface area (Å²) in [6.45, 7) is 5.82. The summed E-state index contributed by atoms with van der Waals surface area (Å²) in [5, 5.41) is 0. The molecule has 0 aromatic heterocycles. The highest BCUT2D eigenvalue weighted by Crippen LogP contribution is 2.45. The number of fused-ring (bicyclic) bond motifs is 1. The molecule has 4 nitrogen and oxygen atoms in total. The zero-order valence-electron chi connectivity index (χ0n) is 15.3. The van der Waals surface area contributed by atoms with Crippen LogP contribution >= 0.6 is 0 Å². The average Bonchev–Trinajstić information content (AvgIpc) is 3.18. The summed E-state index contributed by atoms with van der Waals surface area (Å²) in [7, 11) is 4.13. The fourth-order valence-electron chi connectivity index (χ4n) is 4.41. The molecular formula is C20H31N3O. The molecule has 3 rings (SSSR count). The molecule has 2 fully saturated rings. The standard InChI is InChI=1S/C20H31N3O/c1-4-22(14-13-21(2)3)20(24)17-15-19(16-9-6-5-7-10-16)23-12-8-11-18(17)23/h5-7,9-10,17-19H,4,8,11-15H2,1-3H3/t17-,18+,19-/m0/s1.